The normalized spacial score (nSPS) is 19.4. The number of carbonyl (C=O) groups is 3. The van der Waals surface area contributed by atoms with E-state index in [4.69, 9.17) is 16.3 Å². The van der Waals surface area contributed by atoms with Gasteiger partial charge in [0.15, 0.2) is 0 Å². The van der Waals surface area contributed by atoms with Crippen molar-refractivity contribution in [3.8, 4) is 0 Å². The molecule has 0 bridgehead atoms. The molecule has 2 aromatic rings. The quantitative estimate of drug-likeness (QED) is 0.690. The Morgan fingerprint density at radius 3 is 2.57 bits per heavy atom. The average Bonchev–Trinajstić information content (AvgIpc) is 3.04. The molecule has 1 aromatic heterocycles. The number of carbonyl (C=O) groups excluding carboxylic acids is 3. The van der Waals surface area contributed by atoms with Crippen LogP contribution in [0.25, 0.3) is 10.9 Å². The Bertz CT molecular complexity index is 966. The van der Waals surface area contributed by atoms with Crippen molar-refractivity contribution in [3.63, 3.8) is 0 Å². The number of H-pyrrole nitrogens is 1. The lowest BCUT2D eigenvalue weighted by molar-refractivity contribution is -0.130. The number of alkyl carbamates (subject to hydrolysis) is 1. The van der Waals surface area contributed by atoms with E-state index in [2.05, 4.69) is 15.6 Å². The molecule has 1 aliphatic rings. The van der Waals surface area contributed by atoms with Gasteiger partial charge in [0.25, 0.3) is 5.91 Å². The number of nitrogens with zero attached hydrogens (tertiary/aromatic N) is 1. The van der Waals surface area contributed by atoms with Crippen molar-refractivity contribution in [1.29, 1.82) is 0 Å². The summed E-state index contributed by atoms with van der Waals surface area (Å²) in [6.07, 6.45) is -0.0740. The minimum Gasteiger partial charge on any atom is -0.444 e. The largest absolute Gasteiger partial charge is 0.444 e. The van der Waals surface area contributed by atoms with Crippen molar-refractivity contribution in [2.24, 2.45) is 0 Å². The van der Waals surface area contributed by atoms with Crippen molar-refractivity contribution in [1.82, 2.24) is 20.5 Å². The van der Waals surface area contributed by atoms with Crippen molar-refractivity contribution in [2.75, 3.05) is 13.1 Å². The minimum absolute atomic E-state index is 0.0803. The Labute approximate surface area is 180 Å². The van der Waals surface area contributed by atoms with Crippen LogP contribution in [0.2, 0.25) is 5.02 Å². The van der Waals surface area contributed by atoms with E-state index in [1.807, 2.05) is 6.07 Å². The van der Waals surface area contributed by atoms with Crippen LogP contribution in [0.4, 0.5) is 4.79 Å². The Balaban J connectivity index is 1.73. The van der Waals surface area contributed by atoms with Crippen LogP contribution in [0, 0.1) is 0 Å². The van der Waals surface area contributed by atoms with Crippen LogP contribution < -0.4 is 10.6 Å². The van der Waals surface area contributed by atoms with E-state index in [1.54, 1.807) is 43.9 Å². The Morgan fingerprint density at radius 2 is 1.90 bits per heavy atom. The number of halogens is 1. The molecule has 2 atom stereocenters. The zero-order valence-corrected chi connectivity index (χ0v) is 18.3. The third-order valence-corrected chi connectivity index (χ3v) is 5.14. The van der Waals surface area contributed by atoms with Gasteiger partial charge in [0.2, 0.25) is 5.91 Å². The molecule has 0 radical (unpaired) electrons. The lowest BCUT2D eigenvalue weighted by Gasteiger charge is -2.39. The van der Waals surface area contributed by atoms with E-state index < -0.39 is 17.7 Å². The first-order valence-corrected chi connectivity index (χ1v) is 10.2. The van der Waals surface area contributed by atoms with Crippen LogP contribution in [-0.4, -0.2) is 58.6 Å². The van der Waals surface area contributed by atoms with Gasteiger partial charge in [0, 0.05) is 35.9 Å². The molecule has 1 aromatic carbocycles. The molecule has 0 saturated carbocycles. The Hall–Kier alpha value is -2.74. The van der Waals surface area contributed by atoms with Crippen LogP contribution in [-0.2, 0) is 9.53 Å². The van der Waals surface area contributed by atoms with Gasteiger partial charge in [-0.2, -0.15) is 0 Å². The fourth-order valence-electron chi connectivity index (χ4n) is 3.49. The number of nitrogens with one attached hydrogen (secondary N) is 3. The minimum atomic E-state index is -0.649. The SMILES string of the molecule is CC(=O)N1CC[C@H](NC(=O)c2cc3cc(Cl)ccc3[nH]2)[C@H](NC(=O)OC(C)(C)C)C1. The van der Waals surface area contributed by atoms with E-state index in [0.29, 0.717) is 30.2 Å². The third-order valence-electron chi connectivity index (χ3n) is 4.90. The van der Waals surface area contributed by atoms with E-state index in [1.165, 1.54) is 6.92 Å². The number of hydrogen-bond donors (Lipinski definition) is 3. The van der Waals surface area contributed by atoms with Crippen molar-refractivity contribution in [2.45, 2.75) is 51.8 Å². The van der Waals surface area contributed by atoms with Gasteiger partial charge in [0.1, 0.15) is 11.3 Å². The molecule has 9 heteroatoms. The highest BCUT2D eigenvalue weighted by Gasteiger charge is 2.34. The summed E-state index contributed by atoms with van der Waals surface area (Å²) in [6.45, 7) is 7.60. The van der Waals surface area contributed by atoms with Gasteiger partial charge in [-0.05, 0) is 51.5 Å². The number of aromatic nitrogens is 1. The molecule has 1 aliphatic heterocycles. The summed E-state index contributed by atoms with van der Waals surface area (Å²) in [6, 6.07) is 6.25. The summed E-state index contributed by atoms with van der Waals surface area (Å²) >= 11 is 6.02. The molecule has 2 heterocycles. The maximum absolute atomic E-state index is 12.8. The molecule has 0 spiro atoms. The number of ether oxygens (including phenoxy) is 1. The molecular weight excluding hydrogens is 408 g/mol. The molecule has 8 nitrogen and oxygen atoms in total. The van der Waals surface area contributed by atoms with Crippen molar-refractivity contribution < 1.29 is 19.1 Å². The van der Waals surface area contributed by atoms with Crippen LogP contribution in [0.1, 0.15) is 44.6 Å². The highest BCUT2D eigenvalue weighted by molar-refractivity contribution is 6.31. The number of likely N-dealkylation sites (tertiary alicyclic amines) is 1. The van der Waals surface area contributed by atoms with E-state index in [0.717, 1.165) is 10.9 Å². The second-order valence-corrected chi connectivity index (χ2v) is 8.94. The second-order valence-electron chi connectivity index (χ2n) is 8.50. The number of aromatic amines is 1. The fraction of sp³-hybridized carbons (Fsp3) is 0.476. The molecule has 162 valence electrons. The summed E-state index contributed by atoms with van der Waals surface area (Å²) < 4.78 is 5.34. The van der Waals surface area contributed by atoms with E-state index >= 15 is 0 Å². The number of fused-ring (bicyclic) bond motifs is 1. The topological polar surface area (TPSA) is 104 Å². The summed E-state index contributed by atoms with van der Waals surface area (Å²) in [5, 5.41) is 7.21. The highest BCUT2D eigenvalue weighted by Crippen LogP contribution is 2.21. The van der Waals surface area contributed by atoms with Gasteiger partial charge in [-0.15, -0.1) is 0 Å². The van der Waals surface area contributed by atoms with Crippen LogP contribution in [0.3, 0.4) is 0 Å². The van der Waals surface area contributed by atoms with Crippen LogP contribution >= 0.6 is 11.6 Å². The van der Waals surface area contributed by atoms with Gasteiger partial charge in [0.05, 0.1) is 12.1 Å². The van der Waals surface area contributed by atoms with Gasteiger partial charge in [-0.1, -0.05) is 11.6 Å². The van der Waals surface area contributed by atoms with E-state index in [9.17, 15) is 14.4 Å². The van der Waals surface area contributed by atoms with Gasteiger partial charge >= 0.3 is 6.09 Å². The summed E-state index contributed by atoms with van der Waals surface area (Å²) in [4.78, 5) is 41.7. The molecule has 3 amide bonds. The van der Waals surface area contributed by atoms with Gasteiger partial charge in [-0.25, -0.2) is 4.79 Å². The molecule has 0 unspecified atom stereocenters. The Kier molecular flexibility index (Phi) is 6.26. The predicted octanol–water partition coefficient (Wildman–Crippen LogP) is 3.07. The van der Waals surface area contributed by atoms with E-state index in [-0.39, 0.29) is 17.9 Å². The van der Waals surface area contributed by atoms with Gasteiger partial charge < -0.3 is 25.3 Å². The first kappa shape index (κ1) is 22.0. The van der Waals surface area contributed by atoms with Crippen LogP contribution in [0.15, 0.2) is 24.3 Å². The second kappa shape index (κ2) is 8.55. The third kappa shape index (κ3) is 5.44. The predicted molar refractivity (Wildman–Crippen MR) is 115 cm³/mol. The van der Waals surface area contributed by atoms with Gasteiger partial charge in [-0.3, -0.25) is 9.59 Å². The summed E-state index contributed by atoms with van der Waals surface area (Å²) in [7, 11) is 0. The average molecular weight is 435 g/mol. The highest BCUT2D eigenvalue weighted by atomic mass is 35.5. The van der Waals surface area contributed by atoms with Crippen LogP contribution in [0.5, 0.6) is 0 Å². The monoisotopic (exact) mass is 434 g/mol. The fourth-order valence-corrected chi connectivity index (χ4v) is 3.67. The van der Waals surface area contributed by atoms with Crippen molar-refractivity contribution in [3.05, 3.63) is 35.0 Å². The Morgan fingerprint density at radius 1 is 1.17 bits per heavy atom. The number of rotatable bonds is 3. The zero-order chi connectivity index (χ0) is 22.1. The van der Waals surface area contributed by atoms with Crippen molar-refractivity contribution >= 4 is 40.4 Å². The zero-order valence-electron chi connectivity index (χ0n) is 17.5. The maximum Gasteiger partial charge on any atom is 0.408 e. The molecule has 1 saturated heterocycles. The molecule has 30 heavy (non-hydrogen) atoms. The first-order valence-electron chi connectivity index (χ1n) is 9.86. The number of benzene rings is 1. The first-order chi connectivity index (χ1) is 14.0. The molecule has 1 fully saturated rings. The standard InChI is InChI=1S/C21H27ClN4O4/c1-12(27)26-8-7-16(18(11-26)25-20(29)30-21(2,3)4)24-19(28)17-10-13-9-14(22)5-6-15(13)23-17/h5-6,9-10,16,18,23H,7-8,11H2,1-4H3,(H,24,28)(H,25,29)/t16-,18+/m0/s1. The number of piperidine rings is 1. The lowest BCUT2D eigenvalue weighted by atomic mass is 9.99. The summed E-state index contributed by atoms with van der Waals surface area (Å²) in [5.74, 6) is -0.372. The number of hydrogen-bond acceptors (Lipinski definition) is 4. The molecule has 0 aliphatic carbocycles. The maximum atomic E-state index is 12.8. The molecular formula is C21H27ClN4O4. The number of amides is 3. The molecule has 3 N–H and O–H groups in total. The smallest absolute Gasteiger partial charge is 0.408 e. The molecule has 3 rings (SSSR count). The lowest BCUT2D eigenvalue weighted by Crippen LogP contribution is -2.61. The summed E-state index contributed by atoms with van der Waals surface area (Å²) in [5.41, 5.74) is 0.556.